The molecule has 3 saturated carbocycles. The Kier molecular flexibility index (Phi) is 4.09. The summed E-state index contributed by atoms with van der Waals surface area (Å²) in [6, 6.07) is 7.43. The van der Waals surface area contributed by atoms with Crippen LogP contribution in [-0.2, 0) is 6.42 Å². The van der Waals surface area contributed by atoms with Crippen molar-refractivity contribution in [2.45, 2.75) is 31.0 Å². The third-order valence-corrected chi connectivity index (χ3v) is 4.77. The second-order valence-electron chi connectivity index (χ2n) is 5.74. The van der Waals surface area contributed by atoms with Gasteiger partial charge in [0.1, 0.15) is 0 Å². The molecule has 0 nitrogen and oxygen atoms in total. The molecule has 0 unspecified atom stereocenters. The molecule has 0 heterocycles. The Morgan fingerprint density at radius 2 is 1.67 bits per heavy atom. The first-order valence-electron chi connectivity index (χ1n) is 5.79. The Labute approximate surface area is 152 Å². The van der Waals surface area contributed by atoms with Crippen LogP contribution in [0.25, 0.3) is 0 Å². The van der Waals surface area contributed by atoms with E-state index in [1.54, 1.807) is 6.07 Å². The van der Waals surface area contributed by atoms with Crippen LogP contribution in [0.2, 0.25) is 10.3 Å². The molecule has 0 saturated heterocycles. The molecule has 2 bridgehead atoms. The van der Waals surface area contributed by atoms with Crippen LogP contribution in [0.15, 0.2) is 24.3 Å². The van der Waals surface area contributed by atoms with Crippen LogP contribution in [0, 0.1) is 5.41 Å². The van der Waals surface area contributed by atoms with Gasteiger partial charge in [-0.15, -0.1) is 0 Å². The molecule has 0 N–H and O–H groups in total. The second-order valence-corrected chi connectivity index (χ2v) is 6.14. The SMILES string of the molecule is F[B-](F)(F)C12CC(Cc3ccccc3Cl)(C1)C2.[K+]. The third-order valence-electron chi connectivity index (χ3n) is 4.40. The Morgan fingerprint density at radius 3 is 2.17 bits per heavy atom. The smallest absolute Gasteiger partial charge is 0.449 e. The van der Waals surface area contributed by atoms with Gasteiger partial charge in [0.15, 0.2) is 0 Å². The molecule has 0 amide bonds. The number of halogens is 4. The normalized spacial score (nSPS) is 33.1. The minimum Gasteiger partial charge on any atom is -0.449 e. The molecule has 1 aromatic carbocycles. The molecule has 0 spiro atoms. The molecule has 3 aliphatic carbocycles. The summed E-state index contributed by atoms with van der Waals surface area (Å²) in [5.74, 6) is 0. The maximum atomic E-state index is 12.7. The van der Waals surface area contributed by atoms with Crippen molar-refractivity contribution in [3.05, 3.63) is 34.9 Å². The number of hydrogen-bond donors (Lipinski definition) is 0. The van der Waals surface area contributed by atoms with Crippen molar-refractivity contribution in [1.29, 1.82) is 0 Å². The van der Waals surface area contributed by atoms with Gasteiger partial charge in [0, 0.05) is 5.02 Å². The van der Waals surface area contributed by atoms with Gasteiger partial charge in [-0.05, 0) is 23.5 Å². The number of rotatable bonds is 3. The van der Waals surface area contributed by atoms with E-state index >= 15 is 0 Å². The Hall–Kier alpha value is 1.00. The quantitative estimate of drug-likeness (QED) is 0.745. The first-order valence-corrected chi connectivity index (χ1v) is 6.17. The fourth-order valence-electron chi connectivity index (χ4n) is 3.67. The van der Waals surface area contributed by atoms with E-state index < -0.39 is 12.3 Å². The van der Waals surface area contributed by atoms with Crippen molar-refractivity contribution in [3.63, 3.8) is 0 Å². The molecule has 92 valence electrons. The predicted molar refractivity (Wildman–Crippen MR) is 63.2 cm³/mol. The van der Waals surface area contributed by atoms with Crippen LogP contribution in [0.4, 0.5) is 12.9 Å². The van der Waals surface area contributed by atoms with E-state index in [0.717, 1.165) is 5.56 Å². The summed E-state index contributed by atoms with van der Waals surface area (Å²) < 4.78 is 38.2. The van der Waals surface area contributed by atoms with E-state index in [1.165, 1.54) is 0 Å². The summed E-state index contributed by atoms with van der Waals surface area (Å²) in [6.07, 6.45) is 1.64. The van der Waals surface area contributed by atoms with E-state index in [0.29, 0.717) is 30.7 Å². The van der Waals surface area contributed by atoms with Gasteiger partial charge in [0.05, 0.1) is 0 Å². The first-order chi connectivity index (χ1) is 7.86. The summed E-state index contributed by atoms with van der Waals surface area (Å²) in [6.45, 7) is -4.66. The molecule has 3 fully saturated rings. The van der Waals surface area contributed by atoms with Gasteiger partial charge in [0.2, 0.25) is 0 Å². The zero-order chi connectivity index (χ0) is 12.3. The number of hydrogen-bond acceptors (Lipinski definition) is 0. The zero-order valence-electron chi connectivity index (χ0n) is 10.2. The van der Waals surface area contributed by atoms with Crippen LogP contribution in [0.5, 0.6) is 0 Å². The van der Waals surface area contributed by atoms with Crippen molar-refractivity contribution in [2.24, 2.45) is 5.41 Å². The van der Waals surface area contributed by atoms with E-state index in [4.69, 9.17) is 11.6 Å². The van der Waals surface area contributed by atoms with E-state index in [-0.39, 0.29) is 56.8 Å². The third kappa shape index (κ3) is 2.25. The van der Waals surface area contributed by atoms with Crippen LogP contribution >= 0.6 is 11.6 Å². The van der Waals surface area contributed by atoms with Crippen molar-refractivity contribution < 1.29 is 64.3 Å². The minimum absolute atomic E-state index is 0. The summed E-state index contributed by atoms with van der Waals surface area (Å²) >= 11 is 6.03. The summed E-state index contributed by atoms with van der Waals surface area (Å²) in [7, 11) is 0. The first kappa shape index (κ1) is 15.4. The molecule has 0 atom stereocenters. The molecule has 1 aromatic rings. The molecule has 0 aliphatic heterocycles. The topological polar surface area (TPSA) is 0 Å². The Bertz CT molecular complexity index is 455. The van der Waals surface area contributed by atoms with Crippen molar-refractivity contribution in [3.8, 4) is 0 Å². The fraction of sp³-hybridized carbons (Fsp3) is 0.500. The van der Waals surface area contributed by atoms with Crippen LogP contribution in [-0.4, -0.2) is 6.98 Å². The van der Waals surface area contributed by atoms with Gasteiger partial charge in [-0.2, -0.15) is 0 Å². The van der Waals surface area contributed by atoms with Crippen molar-refractivity contribution >= 4 is 18.6 Å². The maximum Gasteiger partial charge on any atom is 1.00 e. The van der Waals surface area contributed by atoms with Crippen LogP contribution < -0.4 is 51.4 Å². The monoisotopic (exact) mass is 298 g/mol. The van der Waals surface area contributed by atoms with Gasteiger partial charge >= 0.3 is 58.4 Å². The Morgan fingerprint density at radius 1 is 1.11 bits per heavy atom. The van der Waals surface area contributed by atoms with Crippen LogP contribution in [0.1, 0.15) is 24.8 Å². The van der Waals surface area contributed by atoms with Gasteiger partial charge in [-0.25, -0.2) is 0 Å². The molecule has 18 heavy (non-hydrogen) atoms. The largest absolute Gasteiger partial charge is 1.00 e. The second kappa shape index (κ2) is 4.78. The summed E-state index contributed by atoms with van der Waals surface area (Å²) in [5.41, 5.74) is 0.875. The number of benzene rings is 1. The predicted octanol–water partition coefficient (Wildman–Crippen LogP) is 1.66. The van der Waals surface area contributed by atoms with E-state index in [1.807, 2.05) is 18.2 Å². The van der Waals surface area contributed by atoms with Gasteiger partial charge in [0.25, 0.3) is 0 Å². The van der Waals surface area contributed by atoms with E-state index in [9.17, 15) is 12.9 Å². The standard InChI is InChI=1S/C12H12BClF3.K/c14-10-4-2-1-3-9(10)5-11-6-12(7-11,8-11)13(15,16)17;/h1-4H,5-8H2;/q-1;+1. The molecule has 3 aliphatic rings. The van der Waals surface area contributed by atoms with E-state index in [2.05, 4.69) is 0 Å². The molecule has 0 aromatic heterocycles. The molecular formula is C12H12BClF3K. The maximum absolute atomic E-state index is 12.7. The average Bonchev–Trinajstić information content (AvgIpc) is 2.09. The fourth-order valence-corrected chi connectivity index (χ4v) is 3.87. The van der Waals surface area contributed by atoms with Crippen molar-refractivity contribution in [1.82, 2.24) is 0 Å². The zero-order valence-corrected chi connectivity index (χ0v) is 14.1. The minimum atomic E-state index is -4.66. The Balaban J connectivity index is 0.00000120. The molecular weight excluding hydrogens is 286 g/mol. The van der Waals surface area contributed by atoms with Gasteiger partial charge < -0.3 is 12.9 Å². The molecule has 0 radical (unpaired) electrons. The van der Waals surface area contributed by atoms with Crippen LogP contribution in [0.3, 0.4) is 0 Å². The summed E-state index contributed by atoms with van der Waals surface area (Å²) in [4.78, 5) is 0. The molecule has 4 rings (SSSR count). The van der Waals surface area contributed by atoms with Gasteiger partial charge in [-0.1, -0.05) is 54.4 Å². The average molecular weight is 299 g/mol. The van der Waals surface area contributed by atoms with Gasteiger partial charge in [-0.3, -0.25) is 0 Å². The molecule has 6 heteroatoms. The van der Waals surface area contributed by atoms with Crippen molar-refractivity contribution in [2.75, 3.05) is 0 Å². The summed E-state index contributed by atoms with van der Waals surface area (Å²) in [5, 5.41) is -0.620.